The molecule has 19 heavy (non-hydrogen) atoms. The standard InChI is InChI=1S/C14H25N3O2/c1-19-13(18)14(17-7-2-5-15-6-10-17)11-16-8-3-12(14)4-9-16/h12,15H,2-11H2,1H3. The van der Waals surface area contributed by atoms with E-state index in [1.165, 1.54) is 7.11 Å². The average Bonchev–Trinajstić information content (AvgIpc) is 2.76. The van der Waals surface area contributed by atoms with Crippen molar-refractivity contribution in [1.29, 1.82) is 0 Å². The van der Waals surface area contributed by atoms with Crippen LogP contribution in [0.1, 0.15) is 19.3 Å². The van der Waals surface area contributed by atoms with Crippen molar-refractivity contribution in [2.24, 2.45) is 5.92 Å². The van der Waals surface area contributed by atoms with Crippen molar-refractivity contribution in [1.82, 2.24) is 15.1 Å². The first-order chi connectivity index (χ1) is 9.27. The summed E-state index contributed by atoms with van der Waals surface area (Å²) in [5.41, 5.74) is -0.378. The highest BCUT2D eigenvalue weighted by Crippen LogP contribution is 2.40. The summed E-state index contributed by atoms with van der Waals surface area (Å²) in [7, 11) is 1.54. The summed E-state index contributed by atoms with van der Waals surface area (Å²) in [6.07, 6.45) is 3.39. The van der Waals surface area contributed by atoms with Crippen LogP contribution in [-0.4, -0.2) is 74.2 Å². The lowest BCUT2D eigenvalue weighted by atomic mass is 9.71. The largest absolute Gasteiger partial charge is 0.468 e. The van der Waals surface area contributed by atoms with Crippen molar-refractivity contribution in [3.05, 3.63) is 0 Å². The normalized spacial score (nSPS) is 39.8. The van der Waals surface area contributed by atoms with Gasteiger partial charge >= 0.3 is 5.97 Å². The van der Waals surface area contributed by atoms with Crippen molar-refractivity contribution < 1.29 is 9.53 Å². The Hall–Kier alpha value is -0.650. The summed E-state index contributed by atoms with van der Waals surface area (Å²) in [4.78, 5) is 17.4. The summed E-state index contributed by atoms with van der Waals surface area (Å²) in [6, 6.07) is 0. The van der Waals surface area contributed by atoms with Gasteiger partial charge in [0.25, 0.3) is 0 Å². The van der Waals surface area contributed by atoms with Gasteiger partial charge in [-0.05, 0) is 44.8 Å². The lowest BCUT2D eigenvalue weighted by molar-refractivity contribution is -0.171. The predicted octanol–water partition coefficient (Wildman–Crippen LogP) is -0.0809. The number of esters is 1. The zero-order valence-corrected chi connectivity index (χ0v) is 11.9. The lowest BCUT2D eigenvalue weighted by Crippen LogP contribution is -2.71. The molecular formula is C14H25N3O2. The third-order valence-electron chi connectivity index (χ3n) is 5.17. The topological polar surface area (TPSA) is 44.8 Å². The van der Waals surface area contributed by atoms with Crippen molar-refractivity contribution in [2.45, 2.75) is 24.8 Å². The van der Waals surface area contributed by atoms with Gasteiger partial charge in [-0.25, -0.2) is 4.79 Å². The first-order valence-electron chi connectivity index (χ1n) is 7.54. The van der Waals surface area contributed by atoms with Gasteiger partial charge in [0.2, 0.25) is 0 Å². The molecule has 4 rings (SSSR count). The van der Waals surface area contributed by atoms with Gasteiger partial charge < -0.3 is 15.0 Å². The maximum Gasteiger partial charge on any atom is 0.327 e. The first kappa shape index (κ1) is 13.3. The van der Waals surface area contributed by atoms with E-state index in [9.17, 15) is 4.79 Å². The van der Waals surface area contributed by atoms with Crippen LogP contribution in [0.4, 0.5) is 0 Å². The third-order valence-corrected chi connectivity index (χ3v) is 5.17. The minimum atomic E-state index is -0.378. The highest BCUT2D eigenvalue weighted by molar-refractivity contribution is 5.82. The molecule has 0 aliphatic carbocycles. The van der Waals surface area contributed by atoms with Gasteiger partial charge in [0, 0.05) is 26.2 Å². The molecule has 2 bridgehead atoms. The number of hydrogen-bond donors (Lipinski definition) is 1. The van der Waals surface area contributed by atoms with E-state index in [2.05, 4.69) is 15.1 Å². The average molecular weight is 267 g/mol. The zero-order chi connectivity index (χ0) is 13.3. The highest BCUT2D eigenvalue weighted by atomic mass is 16.5. The molecule has 4 aliphatic heterocycles. The summed E-state index contributed by atoms with van der Waals surface area (Å²) < 4.78 is 5.21. The molecule has 0 saturated carbocycles. The Morgan fingerprint density at radius 1 is 1.21 bits per heavy atom. The molecule has 108 valence electrons. The van der Waals surface area contributed by atoms with Crippen molar-refractivity contribution in [3.8, 4) is 0 Å². The number of rotatable bonds is 2. The molecule has 4 fully saturated rings. The molecule has 0 spiro atoms. The van der Waals surface area contributed by atoms with Crippen LogP contribution >= 0.6 is 0 Å². The van der Waals surface area contributed by atoms with E-state index in [-0.39, 0.29) is 11.5 Å². The van der Waals surface area contributed by atoms with E-state index in [4.69, 9.17) is 4.74 Å². The highest BCUT2D eigenvalue weighted by Gasteiger charge is 2.56. The minimum absolute atomic E-state index is 0.0104. The summed E-state index contributed by atoms with van der Waals surface area (Å²) in [5.74, 6) is 0.465. The molecule has 0 aromatic carbocycles. The Labute approximate surface area is 115 Å². The van der Waals surface area contributed by atoms with E-state index in [0.717, 1.165) is 65.1 Å². The molecule has 1 atom stereocenters. The number of ether oxygens (including phenoxy) is 1. The second kappa shape index (κ2) is 5.38. The second-order valence-electron chi connectivity index (χ2n) is 6.06. The Bertz CT molecular complexity index is 334. The van der Waals surface area contributed by atoms with E-state index in [1.807, 2.05) is 0 Å². The van der Waals surface area contributed by atoms with Crippen LogP contribution in [0.3, 0.4) is 0 Å². The fourth-order valence-electron chi connectivity index (χ4n) is 4.18. The predicted molar refractivity (Wildman–Crippen MR) is 73.0 cm³/mol. The van der Waals surface area contributed by atoms with E-state index in [0.29, 0.717) is 5.92 Å². The molecule has 0 aromatic rings. The van der Waals surface area contributed by atoms with Crippen LogP contribution in [-0.2, 0) is 9.53 Å². The number of carbonyl (C=O) groups excluding carboxylic acids is 1. The SMILES string of the molecule is COC(=O)C1(N2CCCNCC2)CN2CCC1CC2. The molecule has 1 unspecified atom stereocenters. The smallest absolute Gasteiger partial charge is 0.327 e. The van der Waals surface area contributed by atoms with Crippen LogP contribution < -0.4 is 5.32 Å². The Kier molecular flexibility index (Phi) is 3.78. The number of nitrogens with zero attached hydrogens (tertiary/aromatic N) is 2. The molecule has 4 heterocycles. The molecule has 0 amide bonds. The first-order valence-corrected chi connectivity index (χ1v) is 7.54. The number of fused-ring (bicyclic) bond motifs is 3. The summed E-state index contributed by atoms with van der Waals surface area (Å²) in [5, 5.41) is 3.43. The number of nitrogens with one attached hydrogen (secondary N) is 1. The van der Waals surface area contributed by atoms with Gasteiger partial charge in [0.15, 0.2) is 0 Å². The number of hydrogen-bond acceptors (Lipinski definition) is 5. The minimum Gasteiger partial charge on any atom is -0.468 e. The van der Waals surface area contributed by atoms with E-state index >= 15 is 0 Å². The van der Waals surface area contributed by atoms with Crippen molar-refractivity contribution in [2.75, 3.05) is 52.9 Å². The Morgan fingerprint density at radius 2 is 2.00 bits per heavy atom. The lowest BCUT2D eigenvalue weighted by Gasteiger charge is -2.55. The molecule has 4 saturated heterocycles. The van der Waals surface area contributed by atoms with Crippen molar-refractivity contribution in [3.63, 3.8) is 0 Å². The number of piperidine rings is 3. The van der Waals surface area contributed by atoms with Gasteiger partial charge in [0.1, 0.15) is 5.54 Å². The number of methoxy groups -OCH3 is 1. The molecule has 0 aromatic heterocycles. The second-order valence-corrected chi connectivity index (χ2v) is 6.06. The maximum atomic E-state index is 12.6. The fraction of sp³-hybridized carbons (Fsp3) is 0.929. The molecule has 4 aliphatic rings. The molecular weight excluding hydrogens is 242 g/mol. The Morgan fingerprint density at radius 3 is 2.63 bits per heavy atom. The summed E-state index contributed by atoms with van der Waals surface area (Å²) in [6.45, 7) is 7.16. The van der Waals surface area contributed by atoms with E-state index in [1.54, 1.807) is 0 Å². The molecule has 5 heteroatoms. The van der Waals surface area contributed by atoms with Crippen LogP contribution in [0.25, 0.3) is 0 Å². The van der Waals surface area contributed by atoms with Gasteiger partial charge in [-0.3, -0.25) is 4.90 Å². The van der Waals surface area contributed by atoms with Crippen LogP contribution in [0.2, 0.25) is 0 Å². The quantitative estimate of drug-likeness (QED) is 0.709. The monoisotopic (exact) mass is 267 g/mol. The van der Waals surface area contributed by atoms with Crippen LogP contribution in [0.5, 0.6) is 0 Å². The van der Waals surface area contributed by atoms with Crippen LogP contribution in [0.15, 0.2) is 0 Å². The fourth-order valence-corrected chi connectivity index (χ4v) is 4.18. The third kappa shape index (κ3) is 2.18. The molecule has 5 nitrogen and oxygen atoms in total. The van der Waals surface area contributed by atoms with Gasteiger partial charge in [-0.1, -0.05) is 0 Å². The Balaban J connectivity index is 1.89. The van der Waals surface area contributed by atoms with Gasteiger partial charge in [0.05, 0.1) is 7.11 Å². The maximum absolute atomic E-state index is 12.6. The van der Waals surface area contributed by atoms with E-state index < -0.39 is 0 Å². The van der Waals surface area contributed by atoms with Crippen molar-refractivity contribution >= 4 is 5.97 Å². The van der Waals surface area contributed by atoms with Crippen LogP contribution in [0, 0.1) is 5.92 Å². The van der Waals surface area contributed by atoms with Gasteiger partial charge in [-0.2, -0.15) is 0 Å². The number of carbonyl (C=O) groups is 1. The summed E-state index contributed by atoms with van der Waals surface area (Å²) >= 11 is 0. The molecule has 1 N–H and O–H groups in total. The zero-order valence-electron chi connectivity index (χ0n) is 11.9. The molecule has 0 radical (unpaired) electrons. The van der Waals surface area contributed by atoms with Gasteiger partial charge in [-0.15, -0.1) is 0 Å².